The van der Waals surface area contributed by atoms with E-state index in [4.69, 9.17) is 0 Å². The molecule has 2 aliphatic heterocycles. The standard InChI is InChI=1S/C24H35N3O2/c1-3-23(28)27-14-13-20-8-6-9-21(25(20)2)17-26(24(29)15-18-11-12-18)16-19-7-4-5-10-22(19)27/h4-5,7,10,18,20-21H,3,6,8-9,11-17H2,1-2H3. The predicted molar refractivity (Wildman–Crippen MR) is 116 cm³/mol. The largest absolute Gasteiger partial charge is 0.337 e. The molecule has 2 bridgehead atoms. The van der Waals surface area contributed by atoms with Crippen LogP contribution in [0.2, 0.25) is 0 Å². The van der Waals surface area contributed by atoms with Crippen molar-refractivity contribution in [2.75, 3.05) is 25.0 Å². The molecule has 2 unspecified atom stereocenters. The van der Waals surface area contributed by atoms with Crippen molar-refractivity contribution >= 4 is 17.5 Å². The fourth-order valence-corrected chi connectivity index (χ4v) is 5.03. The summed E-state index contributed by atoms with van der Waals surface area (Å²) in [5.41, 5.74) is 2.08. The Balaban J connectivity index is 1.69. The van der Waals surface area contributed by atoms with Gasteiger partial charge in [-0.2, -0.15) is 0 Å². The van der Waals surface area contributed by atoms with Crippen molar-refractivity contribution < 1.29 is 9.59 Å². The van der Waals surface area contributed by atoms with E-state index in [9.17, 15) is 9.59 Å². The van der Waals surface area contributed by atoms with Crippen LogP contribution in [0.15, 0.2) is 24.3 Å². The third-order valence-electron chi connectivity index (χ3n) is 7.10. The number of para-hydroxylation sites is 1. The Morgan fingerprint density at radius 3 is 2.52 bits per heavy atom. The number of hydrogen-bond acceptors (Lipinski definition) is 3. The summed E-state index contributed by atoms with van der Waals surface area (Å²) < 4.78 is 0. The quantitative estimate of drug-likeness (QED) is 0.779. The molecule has 3 aliphatic rings. The predicted octanol–water partition coefficient (Wildman–Crippen LogP) is 3.81. The lowest BCUT2D eigenvalue weighted by Gasteiger charge is -2.42. The van der Waals surface area contributed by atoms with E-state index in [1.54, 1.807) is 0 Å². The van der Waals surface area contributed by atoms with Crippen molar-refractivity contribution in [1.82, 2.24) is 9.80 Å². The van der Waals surface area contributed by atoms with Crippen LogP contribution in [-0.4, -0.2) is 53.8 Å². The summed E-state index contributed by atoms with van der Waals surface area (Å²) >= 11 is 0. The third kappa shape index (κ3) is 4.66. The van der Waals surface area contributed by atoms with Gasteiger partial charge in [-0.1, -0.05) is 31.5 Å². The topological polar surface area (TPSA) is 43.9 Å². The van der Waals surface area contributed by atoms with Crippen molar-refractivity contribution in [1.29, 1.82) is 0 Å². The first kappa shape index (κ1) is 20.4. The molecule has 0 N–H and O–H groups in total. The van der Waals surface area contributed by atoms with Gasteiger partial charge in [-0.25, -0.2) is 0 Å². The number of fused-ring (bicyclic) bond motifs is 3. The number of anilines is 1. The van der Waals surface area contributed by atoms with Crippen LogP contribution in [0.5, 0.6) is 0 Å². The lowest BCUT2D eigenvalue weighted by Crippen LogP contribution is -2.50. The zero-order valence-electron chi connectivity index (χ0n) is 18.0. The molecule has 1 aromatic rings. The first-order chi connectivity index (χ1) is 14.1. The Kier molecular flexibility index (Phi) is 6.23. The Morgan fingerprint density at radius 2 is 1.76 bits per heavy atom. The number of carbonyl (C=O) groups excluding carboxylic acids is 2. The highest BCUT2D eigenvalue weighted by Gasteiger charge is 2.34. The minimum Gasteiger partial charge on any atom is -0.337 e. The summed E-state index contributed by atoms with van der Waals surface area (Å²) in [6.07, 6.45) is 8.10. The molecule has 2 amide bonds. The number of likely N-dealkylation sites (N-methyl/N-ethyl adjacent to an activating group) is 1. The molecule has 0 radical (unpaired) electrons. The van der Waals surface area contributed by atoms with Gasteiger partial charge in [0.1, 0.15) is 0 Å². The van der Waals surface area contributed by atoms with Gasteiger partial charge < -0.3 is 9.80 Å². The first-order valence-corrected chi connectivity index (χ1v) is 11.4. The minimum atomic E-state index is 0.169. The smallest absolute Gasteiger partial charge is 0.226 e. The number of rotatable bonds is 3. The van der Waals surface area contributed by atoms with Gasteiger partial charge in [0, 0.05) is 50.2 Å². The van der Waals surface area contributed by atoms with Crippen LogP contribution in [0.1, 0.15) is 63.9 Å². The molecule has 0 aromatic heterocycles. The van der Waals surface area contributed by atoms with Crippen LogP contribution in [0.4, 0.5) is 5.69 Å². The van der Waals surface area contributed by atoms with Crippen molar-refractivity contribution in [2.45, 2.75) is 76.9 Å². The lowest BCUT2D eigenvalue weighted by atomic mass is 9.93. The second-order valence-electron chi connectivity index (χ2n) is 9.14. The second kappa shape index (κ2) is 8.86. The van der Waals surface area contributed by atoms with E-state index in [0.29, 0.717) is 37.4 Å². The third-order valence-corrected chi connectivity index (χ3v) is 7.10. The zero-order valence-corrected chi connectivity index (χ0v) is 18.0. The van der Waals surface area contributed by atoms with Crippen LogP contribution >= 0.6 is 0 Å². The molecular formula is C24H35N3O2. The number of hydrogen-bond donors (Lipinski definition) is 0. The number of carbonyl (C=O) groups is 2. The maximum atomic E-state index is 13.2. The highest BCUT2D eigenvalue weighted by Crippen LogP contribution is 2.34. The Morgan fingerprint density at radius 1 is 1.00 bits per heavy atom. The summed E-state index contributed by atoms with van der Waals surface area (Å²) in [5.74, 6) is 1.04. The number of amides is 2. The molecule has 0 spiro atoms. The number of benzene rings is 1. The fraction of sp³-hybridized carbons (Fsp3) is 0.667. The normalized spacial score (nSPS) is 25.9. The Hall–Kier alpha value is -1.88. The van der Waals surface area contributed by atoms with E-state index in [-0.39, 0.29) is 11.8 Å². The van der Waals surface area contributed by atoms with Crippen LogP contribution < -0.4 is 4.90 Å². The van der Waals surface area contributed by atoms with Crippen LogP contribution in [0.3, 0.4) is 0 Å². The van der Waals surface area contributed by atoms with E-state index in [2.05, 4.69) is 29.0 Å². The van der Waals surface area contributed by atoms with Crippen LogP contribution in [-0.2, 0) is 16.1 Å². The van der Waals surface area contributed by atoms with E-state index in [0.717, 1.165) is 37.2 Å². The van der Waals surface area contributed by atoms with Crippen LogP contribution in [0.25, 0.3) is 0 Å². The van der Waals surface area contributed by atoms with Crippen molar-refractivity contribution in [3.8, 4) is 0 Å². The summed E-state index contributed by atoms with van der Waals surface area (Å²) in [6, 6.07) is 9.08. The van der Waals surface area contributed by atoms with E-state index in [1.165, 1.54) is 25.7 Å². The fourth-order valence-electron chi connectivity index (χ4n) is 5.03. The van der Waals surface area contributed by atoms with E-state index >= 15 is 0 Å². The molecule has 1 saturated heterocycles. The van der Waals surface area contributed by atoms with Gasteiger partial charge in [0.15, 0.2) is 0 Å². The van der Waals surface area contributed by atoms with Crippen LogP contribution in [0, 0.1) is 5.92 Å². The highest BCUT2D eigenvalue weighted by atomic mass is 16.2. The molecule has 1 aromatic carbocycles. The van der Waals surface area contributed by atoms with Gasteiger partial charge in [0.2, 0.25) is 11.8 Å². The molecular weight excluding hydrogens is 362 g/mol. The molecule has 5 heteroatoms. The second-order valence-corrected chi connectivity index (χ2v) is 9.14. The molecule has 4 rings (SSSR count). The minimum absolute atomic E-state index is 0.169. The number of piperidine rings is 1. The maximum absolute atomic E-state index is 13.2. The van der Waals surface area contributed by atoms with Gasteiger partial charge in [-0.3, -0.25) is 14.5 Å². The Labute approximate surface area is 175 Å². The molecule has 2 fully saturated rings. The molecule has 5 nitrogen and oxygen atoms in total. The van der Waals surface area contributed by atoms with Crippen molar-refractivity contribution in [3.05, 3.63) is 29.8 Å². The first-order valence-electron chi connectivity index (χ1n) is 11.4. The average molecular weight is 398 g/mol. The van der Waals surface area contributed by atoms with Gasteiger partial charge in [-0.15, -0.1) is 0 Å². The summed E-state index contributed by atoms with van der Waals surface area (Å²) in [7, 11) is 2.22. The zero-order chi connectivity index (χ0) is 20.4. The molecule has 1 saturated carbocycles. The molecule has 1 aliphatic carbocycles. The number of nitrogens with zero attached hydrogens (tertiary/aromatic N) is 3. The molecule has 29 heavy (non-hydrogen) atoms. The maximum Gasteiger partial charge on any atom is 0.226 e. The van der Waals surface area contributed by atoms with Gasteiger partial charge in [0.25, 0.3) is 0 Å². The van der Waals surface area contributed by atoms with E-state index in [1.807, 2.05) is 24.0 Å². The van der Waals surface area contributed by atoms with Crippen molar-refractivity contribution in [3.63, 3.8) is 0 Å². The highest BCUT2D eigenvalue weighted by molar-refractivity contribution is 5.94. The van der Waals surface area contributed by atoms with Crippen molar-refractivity contribution in [2.24, 2.45) is 5.92 Å². The summed E-state index contributed by atoms with van der Waals surface area (Å²) in [6.45, 7) is 4.09. The average Bonchev–Trinajstić information content (AvgIpc) is 3.54. The summed E-state index contributed by atoms with van der Waals surface area (Å²) in [4.78, 5) is 32.6. The lowest BCUT2D eigenvalue weighted by molar-refractivity contribution is -0.133. The molecule has 158 valence electrons. The van der Waals surface area contributed by atoms with Gasteiger partial charge >= 0.3 is 0 Å². The van der Waals surface area contributed by atoms with E-state index < -0.39 is 0 Å². The molecule has 2 atom stereocenters. The van der Waals surface area contributed by atoms with Gasteiger partial charge in [0.05, 0.1) is 0 Å². The molecule has 2 heterocycles. The SMILES string of the molecule is CCC(=O)N1CCC2CCCC(CN(C(=O)CC3CC3)Cc3ccccc31)N2C. The van der Waals surface area contributed by atoms with Gasteiger partial charge in [-0.05, 0) is 56.7 Å². The monoisotopic (exact) mass is 397 g/mol. The summed E-state index contributed by atoms with van der Waals surface area (Å²) in [5, 5.41) is 0. The Bertz CT molecular complexity index is 745.